The summed E-state index contributed by atoms with van der Waals surface area (Å²) < 4.78 is 7.71. The van der Waals surface area contributed by atoms with Crippen molar-refractivity contribution >= 4 is 22.7 Å². The molecular formula is C28H41N9O. The van der Waals surface area contributed by atoms with Crippen molar-refractivity contribution in [3.63, 3.8) is 0 Å². The van der Waals surface area contributed by atoms with Crippen LogP contribution in [0.25, 0.3) is 22.2 Å². The molecule has 204 valence electrons. The van der Waals surface area contributed by atoms with Crippen LogP contribution >= 0.6 is 0 Å². The van der Waals surface area contributed by atoms with Gasteiger partial charge >= 0.3 is 0 Å². The van der Waals surface area contributed by atoms with Crippen LogP contribution in [-0.4, -0.2) is 92.6 Å². The Bertz CT molecular complexity index is 1240. The van der Waals surface area contributed by atoms with Gasteiger partial charge in [0.05, 0.1) is 30.6 Å². The number of ether oxygens (including phenoxy) is 1. The van der Waals surface area contributed by atoms with Gasteiger partial charge in [-0.15, -0.1) is 0 Å². The second kappa shape index (κ2) is 11.1. The first-order valence-electron chi connectivity index (χ1n) is 14.4. The number of rotatable bonds is 7. The van der Waals surface area contributed by atoms with Gasteiger partial charge in [0.1, 0.15) is 16.9 Å². The maximum Gasteiger partial charge on any atom is 0.151 e. The highest BCUT2D eigenvalue weighted by Gasteiger charge is 2.29. The maximum atomic E-state index is 6.27. The molecule has 0 aromatic carbocycles. The molecule has 3 N–H and O–H groups in total. The number of aromatic nitrogens is 5. The Morgan fingerprint density at radius 2 is 1.76 bits per heavy atom. The summed E-state index contributed by atoms with van der Waals surface area (Å²) in [6, 6.07) is 1.41. The van der Waals surface area contributed by atoms with Crippen LogP contribution in [0.2, 0.25) is 0 Å². The van der Waals surface area contributed by atoms with Crippen LogP contribution in [0.15, 0.2) is 18.6 Å². The number of nitrogens with one attached hydrogen (secondary N) is 1. The number of hydrogen-bond acceptors (Lipinski definition) is 9. The SMILES string of the molecule is CCc1nc2c(N)ncc(-c3cnn(C4CCN(C5CCN(CC)CC5)CC4)c3)c2nc1N[C@H]1CCOC1. The minimum Gasteiger partial charge on any atom is -0.382 e. The lowest BCUT2D eigenvalue weighted by molar-refractivity contribution is 0.0792. The molecule has 1 atom stereocenters. The fourth-order valence-electron chi connectivity index (χ4n) is 6.30. The Morgan fingerprint density at radius 3 is 2.47 bits per heavy atom. The van der Waals surface area contributed by atoms with E-state index in [1.54, 1.807) is 0 Å². The second-order valence-corrected chi connectivity index (χ2v) is 11.0. The van der Waals surface area contributed by atoms with Gasteiger partial charge in [0, 0.05) is 49.3 Å². The average molecular weight is 520 g/mol. The topological polar surface area (TPSA) is 110 Å². The van der Waals surface area contributed by atoms with E-state index in [-0.39, 0.29) is 6.04 Å². The van der Waals surface area contributed by atoms with Crippen molar-refractivity contribution < 1.29 is 4.74 Å². The van der Waals surface area contributed by atoms with E-state index in [1.807, 2.05) is 12.4 Å². The van der Waals surface area contributed by atoms with E-state index in [9.17, 15) is 0 Å². The van der Waals surface area contributed by atoms with Crippen LogP contribution in [0.3, 0.4) is 0 Å². The molecule has 6 rings (SSSR count). The number of piperidine rings is 2. The van der Waals surface area contributed by atoms with Gasteiger partial charge in [0.25, 0.3) is 0 Å². The average Bonchev–Trinajstić information content (AvgIpc) is 3.66. The molecule has 0 spiro atoms. The zero-order valence-electron chi connectivity index (χ0n) is 22.8. The summed E-state index contributed by atoms with van der Waals surface area (Å²) in [6.45, 7) is 11.8. The van der Waals surface area contributed by atoms with Gasteiger partial charge in [-0.05, 0) is 58.2 Å². The first-order valence-corrected chi connectivity index (χ1v) is 14.4. The number of nitrogen functional groups attached to an aromatic ring is 1. The predicted molar refractivity (Wildman–Crippen MR) is 150 cm³/mol. The van der Waals surface area contributed by atoms with Crippen molar-refractivity contribution in [1.82, 2.24) is 34.5 Å². The Hall–Kier alpha value is -2.82. The van der Waals surface area contributed by atoms with Gasteiger partial charge in [-0.1, -0.05) is 13.8 Å². The molecule has 10 heteroatoms. The third-order valence-electron chi connectivity index (χ3n) is 8.71. The Labute approximate surface area is 225 Å². The lowest BCUT2D eigenvalue weighted by Gasteiger charge is -2.41. The lowest BCUT2D eigenvalue weighted by Crippen LogP contribution is -2.47. The summed E-state index contributed by atoms with van der Waals surface area (Å²) in [5, 5.41) is 8.35. The molecule has 0 aliphatic carbocycles. The Balaban J connectivity index is 1.20. The van der Waals surface area contributed by atoms with Gasteiger partial charge in [-0.3, -0.25) is 4.68 Å². The molecule has 10 nitrogen and oxygen atoms in total. The summed E-state index contributed by atoms with van der Waals surface area (Å²) >= 11 is 0. The van der Waals surface area contributed by atoms with Crippen LogP contribution in [0, 0.1) is 0 Å². The molecule has 3 saturated heterocycles. The van der Waals surface area contributed by atoms with Crippen molar-refractivity contribution in [2.75, 3.05) is 57.0 Å². The molecule has 3 aliphatic heterocycles. The van der Waals surface area contributed by atoms with Crippen molar-refractivity contribution in [3.8, 4) is 11.1 Å². The molecule has 0 saturated carbocycles. The Kier molecular flexibility index (Phi) is 7.45. The third-order valence-corrected chi connectivity index (χ3v) is 8.71. The molecule has 0 unspecified atom stereocenters. The molecular weight excluding hydrogens is 478 g/mol. The minimum absolute atomic E-state index is 0.252. The van der Waals surface area contributed by atoms with Crippen LogP contribution in [-0.2, 0) is 11.2 Å². The van der Waals surface area contributed by atoms with E-state index in [2.05, 4.69) is 44.8 Å². The smallest absolute Gasteiger partial charge is 0.151 e. The summed E-state index contributed by atoms with van der Waals surface area (Å²) in [6.07, 6.45) is 12.5. The second-order valence-electron chi connectivity index (χ2n) is 11.0. The van der Waals surface area contributed by atoms with Gasteiger partial charge < -0.3 is 25.6 Å². The zero-order chi connectivity index (χ0) is 26.1. The quantitative estimate of drug-likeness (QED) is 0.485. The fourth-order valence-corrected chi connectivity index (χ4v) is 6.30. The molecule has 3 aliphatic rings. The van der Waals surface area contributed by atoms with Gasteiger partial charge in [-0.2, -0.15) is 5.10 Å². The fraction of sp³-hybridized carbons (Fsp3) is 0.643. The summed E-state index contributed by atoms with van der Waals surface area (Å²) in [4.78, 5) is 19.7. The number of likely N-dealkylation sites (tertiary alicyclic amines) is 2. The number of hydrogen-bond donors (Lipinski definition) is 2. The summed E-state index contributed by atoms with van der Waals surface area (Å²) in [7, 11) is 0. The van der Waals surface area contributed by atoms with Gasteiger partial charge in [-0.25, -0.2) is 15.0 Å². The molecule has 0 amide bonds. The number of nitrogens with zero attached hydrogens (tertiary/aromatic N) is 7. The van der Waals surface area contributed by atoms with Crippen molar-refractivity contribution in [2.45, 2.75) is 70.5 Å². The zero-order valence-corrected chi connectivity index (χ0v) is 22.8. The molecule has 3 aromatic rings. The first kappa shape index (κ1) is 25.5. The highest BCUT2D eigenvalue weighted by molar-refractivity contribution is 5.96. The number of pyridine rings is 1. The van der Waals surface area contributed by atoms with E-state index in [0.29, 0.717) is 24.0 Å². The molecule has 0 bridgehead atoms. The number of aryl methyl sites for hydroxylation is 1. The summed E-state index contributed by atoms with van der Waals surface area (Å²) in [5.74, 6) is 1.22. The first-order chi connectivity index (χ1) is 18.6. The monoisotopic (exact) mass is 519 g/mol. The van der Waals surface area contributed by atoms with Crippen LogP contribution in [0.4, 0.5) is 11.6 Å². The number of fused-ring (bicyclic) bond motifs is 1. The van der Waals surface area contributed by atoms with E-state index in [1.165, 1.54) is 32.5 Å². The number of anilines is 2. The van der Waals surface area contributed by atoms with E-state index >= 15 is 0 Å². The molecule has 6 heterocycles. The van der Waals surface area contributed by atoms with Crippen LogP contribution < -0.4 is 11.1 Å². The van der Waals surface area contributed by atoms with Gasteiger partial charge in [0.2, 0.25) is 0 Å². The molecule has 38 heavy (non-hydrogen) atoms. The summed E-state index contributed by atoms with van der Waals surface area (Å²) in [5.41, 5.74) is 10.5. The molecule has 3 aromatic heterocycles. The maximum absolute atomic E-state index is 6.27. The minimum atomic E-state index is 0.252. The van der Waals surface area contributed by atoms with E-state index in [4.69, 9.17) is 25.5 Å². The van der Waals surface area contributed by atoms with Crippen molar-refractivity contribution in [2.24, 2.45) is 0 Å². The Morgan fingerprint density at radius 1 is 0.974 bits per heavy atom. The third kappa shape index (κ3) is 5.09. The molecule has 3 fully saturated rings. The lowest BCUT2D eigenvalue weighted by atomic mass is 9.98. The van der Waals surface area contributed by atoms with Crippen LogP contribution in [0.5, 0.6) is 0 Å². The van der Waals surface area contributed by atoms with Gasteiger partial charge in [0.15, 0.2) is 5.82 Å². The predicted octanol–water partition coefficient (Wildman–Crippen LogP) is 3.35. The standard InChI is InChI=1S/C28H41N9O/c1-3-24-28(32-20-9-14-38-18-20)34-25-23(16-30-27(29)26(25)33-24)19-15-31-37(17-19)22-7-12-36(13-8-22)21-5-10-35(4-2)11-6-21/h15-17,20-22H,3-14,18H2,1-2H3,(H2,29,30)(H,32,34)/t20-/m0/s1. The van der Waals surface area contributed by atoms with Crippen molar-refractivity contribution in [3.05, 3.63) is 24.3 Å². The van der Waals surface area contributed by atoms with Crippen LogP contribution in [0.1, 0.15) is 57.7 Å². The highest BCUT2D eigenvalue weighted by Crippen LogP contribution is 2.33. The largest absolute Gasteiger partial charge is 0.382 e. The number of nitrogens with two attached hydrogens (primary N) is 1. The normalized spacial score (nSPS) is 22.4. The van der Waals surface area contributed by atoms with Crippen molar-refractivity contribution in [1.29, 1.82) is 0 Å². The highest BCUT2D eigenvalue weighted by atomic mass is 16.5. The van der Waals surface area contributed by atoms with E-state index < -0.39 is 0 Å². The molecule has 0 radical (unpaired) electrons. The van der Waals surface area contributed by atoms with E-state index in [0.717, 1.165) is 79.6 Å².